The summed E-state index contributed by atoms with van der Waals surface area (Å²) in [5.74, 6) is -0.103. The van der Waals surface area contributed by atoms with Gasteiger partial charge in [-0.3, -0.25) is 9.69 Å². The van der Waals surface area contributed by atoms with E-state index >= 15 is 0 Å². The van der Waals surface area contributed by atoms with E-state index in [0.717, 1.165) is 37.6 Å². The van der Waals surface area contributed by atoms with E-state index in [4.69, 9.17) is 11.6 Å². The fraction of sp³-hybridized carbons (Fsp3) is 0.381. The minimum absolute atomic E-state index is 0.103. The SMILES string of the molecule is CSc1ccc(Cl)c(C(=O)NCCN2CCN(c3cccc(C)c3)CC2)c1. The van der Waals surface area contributed by atoms with Gasteiger partial charge in [-0.25, -0.2) is 0 Å². The van der Waals surface area contributed by atoms with Crippen LogP contribution in [0.4, 0.5) is 5.69 Å². The second-order valence-electron chi connectivity index (χ2n) is 6.77. The maximum atomic E-state index is 12.4. The Morgan fingerprint density at radius 1 is 1.15 bits per heavy atom. The molecular formula is C21H26ClN3OS. The summed E-state index contributed by atoms with van der Waals surface area (Å²) in [4.78, 5) is 18.3. The summed E-state index contributed by atoms with van der Waals surface area (Å²) in [5.41, 5.74) is 3.14. The number of amides is 1. The highest BCUT2D eigenvalue weighted by Crippen LogP contribution is 2.23. The normalized spacial score (nSPS) is 15.0. The molecule has 144 valence electrons. The van der Waals surface area contributed by atoms with Crippen molar-refractivity contribution in [2.45, 2.75) is 11.8 Å². The molecule has 1 N–H and O–H groups in total. The van der Waals surface area contributed by atoms with E-state index in [0.29, 0.717) is 17.1 Å². The van der Waals surface area contributed by atoms with Gasteiger partial charge in [-0.2, -0.15) is 0 Å². The molecule has 1 saturated heterocycles. The number of rotatable bonds is 6. The topological polar surface area (TPSA) is 35.6 Å². The lowest BCUT2D eigenvalue weighted by molar-refractivity contribution is 0.0947. The van der Waals surface area contributed by atoms with Gasteiger partial charge in [0, 0.05) is 49.9 Å². The summed E-state index contributed by atoms with van der Waals surface area (Å²) >= 11 is 7.78. The number of hydrogen-bond acceptors (Lipinski definition) is 4. The van der Waals surface area contributed by atoms with Gasteiger partial charge in [-0.1, -0.05) is 23.7 Å². The van der Waals surface area contributed by atoms with Crippen LogP contribution in [0.15, 0.2) is 47.4 Å². The number of anilines is 1. The number of halogens is 1. The van der Waals surface area contributed by atoms with Gasteiger partial charge in [0.1, 0.15) is 0 Å². The quantitative estimate of drug-likeness (QED) is 0.741. The molecule has 0 spiro atoms. The Morgan fingerprint density at radius 2 is 1.93 bits per heavy atom. The number of piperazine rings is 1. The standard InChI is InChI=1S/C21H26ClN3OS/c1-16-4-3-5-17(14-16)25-12-10-24(11-13-25)9-8-23-21(26)19-15-18(27-2)6-7-20(19)22/h3-7,14-15H,8-13H2,1-2H3,(H,23,26). The van der Waals surface area contributed by atoms with Crippen molar-refractivity contribution in [2.24, 2.45) is 0 Å². The maximum Gasteiger partial charge on any atom is 0.252 e. The molecule has 1 fully saturated rings. The predicted octanol–water partition coefficient (Wildman–Crippen LogP) is 3.92. The number of nitrogens with one attached hydrogen (secondary N) is 1. The molecule has 0 radical (unpaired) electrons. The van der Waals surface area contributed by atoms with Crippen LogP contribution in [0.5, 0.6) is 0 Å². The van der Waals surface area contributed by atoms with E-state index in [9.17, 15) is 4.79 Å². The van der Waals surface area contributed by atoms with Crippen molar-refractivity contribution in [3.8, 4) is 0 Å². The fourth-order valence-electron chi connectivity index (χ4n) is 3.28. The van der Waals surface area contributed by atoms with Crippen LogP contribution in [0.3, 0.4) is 0 Å². The van der Waals surface area contributed by atoms with Crippen LogP contribution in [-0.4, -0.2) is 56.3 Å². The lowest BCUT2D eigenvalue weighted by Gasteiger charge is -2.36. The highest BCUT2D eigenvalue weighted by atomic mass is 35.5. The van der Waals surface area contributed by atoms with Gasteiger partial charge < -0.3 is 10.2 Å². The van der Waals surface area contributed by atoms with Crippen LogP contribution >= 0.6 is 23.4 Å². The van der Waals surface area contributed by atoms with Crippen LogP contribution in [0.1, 0.15) is 15.9 Å². The molecule has 0 aromatic heterocycles. The third-order valence-electron chi connectivity index (χ3n) is 4.87. The van der Waals surface area contributed by atoms with E-state index in [1.54, 1.807) is 17.8 Å². The molecule has 0 aliphatic carbocycles. The van der Waals surface area contributed by atoms with Crippen molar-refractivity contribution in [1.82, 2.24) is 10.2 Å². The van der Waals surface area contributed by atoms with Crippen molar-refractivity contribution in [1.29, 1.82) is 0 Å². The van der Waals surface area contributed by atoms with Crippen LogP contribution < -0.4 is 10.2 Å². The smallest absolute Gasteiger partial charge is 0.252 e. The molecule has 0 saturated carbocycles. The third kappa shape index (κ3) is 5.41. The van der Waals surface area contributed by atoms with Gasteiger partial charge in [0.25, 0.3) is 5.91 Å². The molecule has 6 heteroatoms. The summed E-state index contributed by atoms with van der Waals surface area (Å²) in [6, 6.07) is 14.2. The summed E-state index contributed by atoms with van der Waals surface area (Å²) in [6.45, 7) is 7.65. The number of nitrogens with zero attached hydrogens (tertiary/aromatic N) is 2. The second kappa shape index (κ2) is 9.49. The number of benzene rings is 2. The number of thioether (sulfide) groups is 1. The third-order valence-corrected chi connectivity index (χ3v) is 5.93. The monoisotopic (exact) mass is 403 g/mol. The average Bonchev–Trinajstić information content (AvgIpc) is 2.69. The van der Waals surface area contributed by atoms with Gasteiger partial charge in [0.2, 0.25) is 0 Å². The Kier molecular flexibility index (Phi) is 7.05. The zero-order chi connectivity index (χ0) is 19.2. The molecule has 0 bridgehead atoms. The Labute approximate surface area is 170 Å². The Hall–Kier alpha value is -1.69. The molecule has 1 aliphatic heterocycles. The van der Waals surface area contributed by atoms with Crippen LogP contribution in [0, 0.1) is 6.92 Å². The fourth-order valence-corrected chi connectivity index (χ4v) is 3.93. The summed E-state index contributed by atoms with van der Waals surface area (Å²) in [7, 11) is 0. The largest absolute Gasteiger partial charge is 0.369 e. The molecular weight excluding hydrogens is 378 g/mol. The van der Waals surface area contributed by atoms with Crippen LogP contribution in [0.2, 0.25) is 5.02 Å². The van der Waals surface area contributed by atoms with Crippen molar-refractivity contribution in [3.05, 3.63) is 58.6 Å². The molecule has 1 aliphatic rings. The molecule has 27 heavy (non-hydrogen) atoms. The lowest BCUT2D eigenvalue weighted by atomic mass is 10.2. The summed E-state index contributed by atoms with van der Waals surface area (Å²) < 4.78 is 0. The lowest BCUT2D eigenvalue weighted by Crippen LogP contribution is -2.48. The molecule has 0 unspecified atom stereocenters. The molecule has 2 aromatic carbocycles. The number of hydrogen-bond donors (Lipinski definition) is 1. The number of carbonyl (C=O) groups excluding carboxylic acids is 1. The van der Waals surface area contributed by atoms with E-state index < -0.39 is 0 Å². The average molecular weight is 404 g/mol. The Bertz CT molecular complexity index is 791. The maximum absolute atomic E-state index is 12.4. The first-order valence-corrected chi connectivity index (χ1v) is 10.8. The van der Waals surface area contributed by atoms with E-state index in [-0.39, 0.29) is 5.91 Å². The van der Waals surface area contributed by atoms with E-state index in [2.05, 4.69) is 46.3 Å². The van der Waals surface area contributed by atoms with Crippen molar-refractivity contribution < 1.29 is 4.79 Å². The van der Waals surface area contributed by atoms with Gasteiger partial charge in [0.05, 0.1) is 10.6 Å². The molecule has 4 nitrogen and oxygen atoms in total. The van der Waals surface area contributed by atoms with Gasteiger partial charge in [0.15, 0.2) is 0 Å². The zero-order valence-electron chi connectivity index (χ0n) is 15.9. The van der Waals surface area contributed by atoms with Gasteiger partial charge >= 0.3 is 0 Å². The predicted molar refractivity (Wildman–Crippen MR) is 115 cm³/mol. The van der Waals surface area contributed by atoms with Crippen LogP contribution in [0.25, 0.3) is 0 Å². The first kappa shape index (κ1) is 20.1. The highest BCUT2D eigenvalue weighted by molar-refractivity contribution is 7.98. The minimum Gasteiger partial charge on any atom is -0.369 e. The highest BCUT2D eigenvalue weighted by Gasteiger charge is 2.17. The summed E-state index contributed by atoms with van der Waals surface area (Å²) in [6.07, 6.45) is 1.99. The van der Waals surface area contributed by atoms with Gasteiger partial charge in [-0.15, -0.1) is 11.8 Å². The van der Waals surface area contributed by atoms with Crippen molar-refractivity contribution in [2.75, 3.05) is 50.4 Å². The molecule has 3 rings (SSSR count). The van der Waals surface area contributed by atoms with Crippen molar-refractivity contribution >= 4 is 35.0 Å². The second-order valence-corrected chi connectivity index (χ2v) is 8.06. The Balaban J connectivity index is 1.45. The van der Waals surface area contributed by atoms with Crippen molar-refractivity contribution in [3.63, 3.8) is 0 Å². The zero-order valence-corrected chi connectivity index (χ0v) is 17.4. The molecule has 0 atom stereocenters. The number of aryl methyl sites for hydroxylation is 1. The van der Waals surface area contributed by atoms with E-state index in [1.807, 2.05) is 18.4 Å². The first-order chi connectivity index (χ1) is 13.1. The van der Waals surface area contributed by atoms with Crippen LogP contribution in [-0.2, 0) is 0 Å². The Morgan fingerprint density at radius 3 is 2.63 bits per heavy atom. The van der Waals surface area contributed by atoms with E-state index in [1.165, 1.54) is 11.3 Å². The minimum atomic E-state index is -0.103. The molecule has 2 aromatic rings. The van der Waals surface area contributed by atoms with Gasteiger partial charge in [-0.05, 0) is 49.1 Å². The molecule has 1 heterocycles. The summed E-state index contributed by atoms with van der Waals surface area (Å²) in [5, 5.41) is 3.50. The number of carbonyl (C=O) groups is 1. The molecule has 1 amide bonds. The first-order valence-electron chi connectivity index (χ1n) is 9.22.